The zero-order chi connectivity index (χ0) is 12.3. The van der Waals surface area contributed by atoms with Gasteiger partial charge in [-0.1, -0.05) is 18.3 Å². The number of nitrogens with zero attached hydrogens (tertiary/aromatic N) is 3. The molecule has 0 atom stereocenters. The van der Waals surface area contributed by atoms with Gasteiger partial charge in [-0.25, -0.2) is 0 Å². The highest BCUT2D eigenvalue weighted by molar-refractivity contribution is 7.10. The Morgan fingerprint density at radius 2 is 2.18 bits per heavy atom. The van der Waals surface area contributed by atoms with E-state index in [1.165, 1.54) is 43.9 Å². The van der Waals surface area contributed by atoms with Crippen LogP contribution in [-0.4, -0.2) is 34.6 Å². The largest absolute Gasteiger partial charge is 0.377 e. The molecule has 0 bridgehead atoms. The van der Waals surface area contributed by atoms with Gasteiger partial charge < -0.3 is 5.32 Å². The van der Waals surface area contributed by atoms with Gasteiger partial charge in [-0.15, -0.1) is 5.10 Å². The first kappa shape index (κ1) is 12.8. The molecule has 0 aliphatic carbocycles. The Hall–Kier alpha value is -0.680. The van der Waals surface area contributed by atoms with E-state index in [2.05, 4.69) is 33.7 Å². The first-order valence-corrected chi connectivity index (χ1v) is 7.09. The summed E-state index contributed by atoms with van der Waals surface area (Å²) >= 11 is 1.44. The molecule has 2 rings (SSSR count). The van der Waals surface area contributed by atoms with Gasteiger partial charge in [-0.3, -0.25) is 4.90 Å². The minimum absolute atomic E-state index is 0.501. The van der Waals surface area contributed by atoms with Crippen LogP contribution in [0.25, 0.3) is 0 Å². The minimum atomic E-state index is 0.501. The van der Waals surface area contributed by atoms with E-state index in [9.17, 15) is 0 Å². The zero-order valence-corrected chi connectivity index (χ0v) is 11.8. The van der Waals surface area contributed by atoms with Crippen molar-refractivity contribution in [1.29, 1.82) is 0 Å². The summed E-state index contributed by atoms with van der Waals surface area (Å²) < 4.78 is 4.01. The molecule has 1 saturated heterocycles. The SMILES string of the molecule is CNc1snnc1CN1CCCC(C)(C)CC1. The second-order valence-electron chi connectivity index (χ2n) is 5.59. The van der Waals surface area contributed by atoms with Gasteiger partial charge in [-0.2, -0.15) is 0 Å². The molecule has 4 nitrogen and oxygen atoms in total. The van der Waals surface area contributed by atoms with Crippen molar-refractivity contribution in [2.24, 2.45) is 5.41 Å². The summed E-state index contributed by atoms with van der Waals surface area (Å²) in [4.78, 5) is 2.51. The molecule has 0 amide bonds. The van der Waals surface area contributed by atoms with E-state index in [4.69, 9.17) is 0 Å². The number of anilines is 1. The van der Waals surface area contributed by atoms with Crippen LogP contribution < -0.4 is 5.32 Å². The van der Waals surface area contributed by atoms with Crippen molar-refractivity contribution >= 4 is 16.5 Å². The molecule has 1 fully saturated rings. The van der Waals surface area contributed by atoms with Crippen LogP contribution in [0.5, 0.6) is 0 Å². The molecule has 0 saturated carbocycles. The Kier molecular flexibility index (Phi) is 3.99. The van der Waals surface area contributed by atoms with E-state index in [1.54, 1.807) is 0 Å². The molecule has 5 heteroatoms. The zero-order valence-electron chi connectivity index (χ0n) is 11.0. The van der Waals surface area contributed by atoms with E-state index in [1.807, 2.05) is 7.05 Å². The summed E-state index contributed by atoms with van der Waals surface area (Å²) in [6.07, 6.45) is 3.90. The quantitative estimate of drug-likeness (QED) is 0.900. The van der Waals surface area contributed by atoms with E-state index < -0.39 is 0 Å². The Bertz CT molecular complexity index is 361. The van der Waals surface area contributed by atoms with Crippen LogP contribution in [0.2, 0.25) is 0 Å². The third-order valence-electron chi connectivity index (χ3n) is 3.59. The maximum Gasteiger partial charge on any atom is 0.134 e. The van der Waals surface area contributed by atoms with E-state index in [0.717, 1.165) is 17.2 Å². The topological polar surface area (TPSA) is 41.1 Å². The summed E-state index contributed by atoms with van der Waals surface area (Å²) in [5, 5.41) is 8.48. The fraction of sp³-hybridized carbons (Fsp3) is 0.833. The van der Waals surface area contributed by atoms with Crippen LogP contribution in [0, 0.1) is 5.41 Å². The average molecular weight is 254 g/mol. The molecule has 1 N–H and O–H groups in total. The second kappa shape index (κ2) is 5.31. The second-order valence-corrected chi connectivity index (χ2v) is 6.35. The first-order chi connectivity index (χ1) is 8.11. The van der Waals surface area contributed by atoms with Gasteiger partial charge in [0.05, 0.1) is 0 Å². The molecule has 17 heavy (non-hydrogen) atoms. The van der Waals surface area contributed by atoms with Crippen LogP contribution in [-0.2, 0) is 6.54 Å². The molecular formula is C12H22N4S. The summed E-state index contributed by atoms with van der Waals surface area (Å²) in [5.74, 6) is 0. The van der Waals surface area contributed by atoms with Gasteiger partial charge in [0.15, 0.2) is 0 Å². The third-order valence-corrected chi connectivity index (χ3v) is 4.37. The third kappa shape index (κ3) is 3.39. The number of likely N-dealkylation sites (tertiary alicyclic amines) is 1. The number of hydrogen-bond acceptors (Lipinski definition) is 5. The first-order valence-electron chi connectivity index (χ1n) is 6.32. The molecule has 0 aromatic carbocycles. The van der Waals surface area contributed by atoms with E-state index in [-0.39, 0.29) is 0 Å². The number of aromatic nitrogens is 2. The maximum absolute atomic E-state index is 4.21. The van der Waals surface area contributed by atoms with Crippen LogP contribution in [0.15, 0.2) is 0 Å². The highest BCUT2D eigenvalue weighted by atomic mass is 32.1. The maximum atomic E-state index is 4.21. The number of hydrogen-bond donors (Lipinski definition) is 1. The molecule has 96 valence electrons. The van der Waals surface area contributed by atoms with Crippen LogP contribution in [0.3, 0.4) is 0 Å². The summed E-state index contributed by atoms with van der Waals surface area (Å²) in [7, 11) is 1.93. The summed E-state index contributed by atoms with van der Waals surface area (Å²) in [6.45, 7) is 8.04. The van der Waals surface area contributed by atoms with Gasteiger partial charge in [-0.05, 0) is 37.8 Å². The van der Waals surface area contributed by atoms with E-state index in [0.29, 0.717) is 5.41 Å². The lowest BCUT2D eigenvalue weighted by molar-refractivity contribution is 0.254. The normalized spacial score (nSPS) is 21.1. The predicted molar refractivity (Wildman–Crippen MR) is 72.4 cm³/mol. The molecular weight excluding hydrogens is 232 g/mol. The predicted octanol–water partition coefficient (Wildman–Crippen LogP) is 2.59. The van der Waals surface area contributed by atoms with Gasteiger partial charge in [0.1, 0.15) is 10.7 Å². The van der Waals surface area contributed by atoms with Crippen molar-refractivity contribution in [3.8, 4) is 0 Å². The Morgan fingerprint density at radius 1 is 1.35 bits per heavy atom. The van der Waals surface area contributed by atoms with Crippen molar-refractivity contribution < 1.29 is 0 Å². The van der Waals surface area contributed by atoms with E-state index >= 15 is 0 Å². The number of nitrogens with one attached hydrogen (secondary N) is 1. The smallest absolute Gasteiger partial charge is 0.134 e. The molecule has 1 aliphatic rings. The summed E-state index contributed by atoms with van der Waals surface area (Å²) in [5.41, 5.74) is 1.60. The highest BCUT2D eigenvalue weighted by Crippen LogP contribution is 2.30. The molecule has 0 radical (unpaired) electrons. The Morgan fingerprint density at radius 3 is 2.94 bits per heavy atom. The molecule has 1 aromatic heterocycles. The van der Waals surface area contributed by atoms with Gasteiger partial charge in [0.25, 0.3) is 0 Å². The lowest BCUT2D eigenvalue weighted by atomic mass is 9.85. The molecule has 2 heterocycles. The van der Waals surface area contributed by atoms with Crippen molar-refractivity contribution in [2.45, 2.75) is 39.7 Å². The van der Waals surface area contributed by atoms with Crippen molar-refractivity contribution in [3.05, 3.63) is 5.69 Å². The standard InChI is InChI=1S/C12H22N4S/c1-12(2)5-4-7-16(8-6-12)9-10-11(13-3)17-15-14-10/h13H,4-9H2,1-3H3. The van der Waals surface area contributed by atoms with Crippen molar-refractivity contribution in [2.75, 3.05) is 25.5 Å². The van der Waals surface area contributed by atoms with Crippen LogP contribution in [0.4, 0.5) is 5.00 Å². The fourth-order valence-corrected chi connectivity index (χ4v) is 2.87. The Balaban J connectivity index is 1.95. The van der Waals surface area contributed by atoms with Crippen LogP contribution >= 0.6 is 11.5 Å². The van der Waals surface area contributed by atoms with Gasteiger partial charge in [0.2, 0.25) is 0 Å². The fourth-order valence-electron chi connectivity index (χ4n) is 2.35. The van der Waals surface area contributed by atoms with Gasteiger partial charge >= 0.3 is 0 Å². The van der Waals surface area contributed by atoms with Gasteiger partial charge in [0, 0.05) is 25.1 Å². The Labute approximate surface area is 108 Å². The monoisotopic (exact) mass is 254 g/mol. The molecule has 1 aliphatic heterocycles. The average Bonchev–Trinajstić information content (AvgIpc) is 2.65. The number of rotatable bonds is 3. The molecule has 0 spiro atoms. The highest BCUT2D eigenvalue weighted by Gasteiger charge is 2.23. The van der Waals surface area contributed by atoms with Crippen LogP contribution in [0.1, 0.15) is 38.8 Å². The van der Waals surface area contributed by atoms with Crippen molar-refractivity contribution in [3.63, 3.8) is 0 Å². The minimum Gasteiger partial charge on any atom is -0.377 e. The van der Waals surface area contributed by atoms with Crippen molar-refractivity contribution in [1.82, 2.24) is 14.5 Å². The summed E-state index contributed by atoms with van der Waals surface area (Å²) in [6, 6.07) is 0. The lowest BCUT2D eigenvalue weighted by Gasteiger charge is -2.22. The lowest BCUT2D eigenvalue weighted by Crippen LogP contribution is -2.25. The molecule has 1 aromatic rings. The molecule has 0 unspecified atom stereocenters.